The largest absolute Gasteiger partial charge is 0.339 e. The maximum atomic E-state index is 13.1. The van der Waals surface area contributed by atoms with Gasteiger partial charge in [-0.15, -0.1) is 0 Å². The molecule has 108 valence electrons. The molecule has 0 radical (unpaired) electrons. The van der Waals surface area contributed by atoms with E-state index in [9.17, 15) is 9.18 Å². The summed E-state index contributed by atoms with van der Waals surface area (Å²) in [6, 6.07) is 6.41. The van der Waals surface area contributed by atoms with Crippen molar-refractivity contribution in [3.05, 3.63) is 30.1 Å². The fourth-order valence-electron chi connectivity index (χ4n) is 3.28. The van der Waals surface area contributed by atoms with Crippen molar-refractivity contribution in [3.8, 4) is 0 Å². The molecule has 1 aromatic carbocycles. The standard InChI is InChI=1S/C15H20FN3O/c1-2-18-9-7-15(8-10-18)14(20)17-11-19(15)13-5-3-12(16)4-6-13/h3-6H,2,7-11H2,1H3,(H,17,20). The highest BCUT2D eigenvalue weighted by Crippen LogP contribution is 2.36. The Kier molecular flexibility index (Phi) is 3.38. The van der Waals surface area contributed by atoms with Crippen molar-refractivity contribution in [1.29, 1.82) is 0 Å². The van der Waals surface area contributed by atoms with Gasteiger partial charge in [-0.1, -0.05) is 6.92 Å². The molecular weight excluding hydrogens is 257 g/mol. The molecule has 3 rings (SSSR count). The van der Waals surface area contributed by atoms with E-state index in [1.807, 2.05) is 0 Å². The first-order chi connectivity index (χ1) is 9.65. The lowest BCUT2D eigenvalue weighted by Crippen LogP contribution is -2.56. The number of hydrogen-bond donors (Lipinski definition) is 1. The molecule has 0 atom stereocenters. The Morgan fingerprint density at radius 2 is 1.90 bits per heavy atom. The van der Waals surface area contributed by atoms with E-state index >= 15 is 0 Å². The molecule has 1 spiro atoms. The Hall–Kier alpha value is -1.62. The Balaban J connectivity index is 1.87. The van der Waals surface area contributed by atoms with Crippen molar-refractivity contribution in [2.75, 3.05) is 31.2 Å². The van der Waals surface area contributed by atoms with Crippen LogP contribution in [0.4, 0.5) is 10.1 Å². The van der Waals surface area contributed by atoms with Crippen LogP contribution in [0.25, 0.3) is 0 Å². The molecule has 20 heavy (non-hydrogen) atoms. The zero-order valence-electron chi connectivity index (χ0n) is 11.7. The summed E-state index contributed by atoms with van der Waals surface area (Å²) in [4.78, 5) is 16.8. The second-order valence-electron chi connectivity index (χ2n) is 5.53. The summed E-state index contributed by atoms with van der Waals surface area (Å²) in [5, 5.41) is 2.95. The number of likely N-dealkylation sites (tertiary alicyclic amines) is 1. The van der Waals surface area contributed by atoms with Crippen molar-refractivity contribution in [3.63, 3.8) is 0 Å². The first-order valence-corrected chi connectivity index (χ1v) is 7.19. The van der Waals surface area contributed by atoms with E-state index in [0.717, 1.165) is 38.2 Å². The number of halogens is 1. The van der Waals surface area contributed by atoms with Gasteiger partial charge in [0.05, 0.1) is 6.67 Å². The molecule has 1 amide bonds. The third-order valence-corrected chi connectivity index (χ3v) is 4.61. The minimum absolute atomic E-state index is 0.109. The summed E-state index contributed by atoms with van der Waals surface area (Å²) in [7, 11) is 0. The summed E-state index contributed by atoms with van der Waals surface area (Å²) in [6.07, 6.45) is 1.65. The lowest BCUT2D eigenvalue weighted by atomic mass is 9.85. The van der Waals surface area contributed by atoms with Crippen LogP contribution in [0, 0.1) is 5.82 Å². The van der Waals surface area contributed by atoms with E-state index in [0.29, 0.717) is 6.67 Å². The van der Waals surface area contributed by atoms with Crippen LogP contribution in [0.5, 0.6) is 0 Å². The van der Waals surface area contributed by atoms with Crippen molar-refractivity contribution in [2.24, 2.45) is 0 Å². The van der Waals surface area contributed by atoms with Crippen LogP contribution in [0.3, 0.4) is 0 Å². The molecule has 5 heteroatoms. The van der Waals surface area contributed by atoms with E-state index in [2.05, 4.69) is 22.0 Å². The number of nitrogens with zero attached hydrogens (tertiary/aromatic N) is 2. The van der Waals surface area contributed by atoms with E-state index in [1.54, 1.807) is 12.1 Å². The molecule has 4 nitrogen and oxygen atoms in total. The first-order valence-electron chi connectivity index (χ1n) is 7.19. The lowest BCUT2D eigenvalue weighted by Gasteiger charge is -2.43. The molecule has 0 aliphatic carbocycles. The number of piperidine rings is 1. The smallest absolute Gasteiger partial charge is 0.247 e. The predicted octanol–water partition coefficient (Wildman–Crippen LogP) is 1.57. The van der Waals surface area contributed by atoms with Gasteiger partial charge in [-0.2, -0.15) is 0 Å². The van der Waals surface area contributed by atoms with Crippen LogP contribution < -0.4 is 10.2 Å². The number of benzene rings is 1. The van der Waals surface area contributed by atoms with E-state index in [4.69, 9.17) is 0 Å². The highest BCUT2D eigenvalue weighted by Gasteiger charge is 2.50. The summed E-state index contributed by atoms with van der Waals surface area (Å²) >= 11 is 0. The minimum atomic E-state index is -0.455. The Bertz CT molecular complexity index is 494. The van der Waals surface area contributed by atoms with Gasteiger partial charge in [0.25, 0.3) is 0 Å². The van der Waals surface area contributed by atoms with Crippen LogP contribution in [0.1, 0.15) is 19.8 Å². The lowest BCUT2D eigenvalue weighted by molar-refractivity contribution is -0.125. The fourth-order valence-corrected chi connectivity index (χ4v) is 3.28. The third kappa shape index (κ3) is 2.06. The van der Waals surface area contributed by atoms with E-state index < -0.39 is 5.54 Å². The summed E-state index contributed by atoms with van der Waals surface area (Å²) in [5.74, 6) is -0.139. The zero-order valence-corrected chi connectivity index (χ0v) is 11.7. The average molecular weight is 277 g/mol. The number of amides is 1. The normalized spacial score (nSPS) is 22.3. The molecule has 2 heterocycles. The van der Waals surface area contributed by atoms with Crippen LogP contribution in [-0.4, -0.2) is 42.6 Å². The number of anilines is 1. The predicted molar refractivity (Wildman–Crippen MR) is 76.0 cm³/mol. The molecular formula is C15H20FN3O. The monoisotopic (exact) mass is 277 g/mol. The quantitative estimate of drug-likeness (QED) is 0.891. The van der Waals surface area contributed by atoms with Crippen molar-refractivity contribution in [1.82, 2.24) is 10.2 Å². The molecule has 2 saturated heterocycles. The highest BCUT2D eigenvalue weighted by molar-refractivity contribution is 5.93. The fraction of sp³-hybridized carbons (Fsp3) is 0.533. The Morgan fingerprint density at radius 1 is 1.25 bits per heavy atom. The molecule has 0 unspecified atom stereocenters. The van der Waals surface area contributed by atoms with Crippen molar-refractivity contribution >= 4 is 11.6 Å². The first kappa shape index (κ1) is 13.4. The summed E-state index contributed by atoms with van der Waals surface area (Å²) in [5.41, 5.74) is 0.457. The van der Waals surface area contributed by atoms with Crippen LogP contribution in [0.2, 0.25) is 0 Å². The molecule has 1 N–H and O–H groups in total. The summed E-state index contributed by atoms with van der Waals surface area (Å²) in [6.45, 7) is 5.54. The van der Waals surface area contributed by atoms with Gasteiger partial charge in [-0.05, 0) is 43.7 Å². The average Bonchev–Trinajstić information content (AvgIpc) is 2.78. The second-order valence-corrected chi connectivity index (χ2v) is 5.53. The third-order valence-electron chi connectivity index (χ3n) is 4.61. The van der Waals surface area contributed by atoms with Gasteiger partial charge < -0.3 is 15.1 Å². The highest BCUT2D eigenvalue weighted by atomic mass is 19.1. The Morgan fingerprint density at radius 3 is 2.50 bits per heavy atom. The number of nitrogens with one attached hydrogen (secondary N) is 1. The van der Waals surface area contributed by atoms with Gasteiger partial charge in [0, 0.05) is 18.8 Å². The second kappa shape index (κ2) is 5.05. The van der Waals surface area contributed by atoms with E-state index in [1.165, 1.54) is 12.1 Å². The molecule has 2 aliphatic rings. The minimum Gasteiger partial charge on any atom is -0.339 e. The molecule has 1 aromatic rings. The molecule has 0 bridgehead atoms. The number of carbonyl (C=O) groups excluding carboxylic acids is 1. The van der Waals surface area contributed by atoms with Gasteiger partial charge in [-0.25, -0.2) is 4.39 Å². The molecule has 2 aliphatic heterocycles. The number of hydrogen-bond acceptors (Lipinski definition) is 3. The van der Waals surface area contributed by atoms with Gasteiger partial charge in [0.1, 0.15) is 11.4 Å². The molecule has 0 saturated carbocycles. The molecule has 0 aromatic heterocycles. The van der Waals surface area contributed by atoms with Gasteiger partial charge in [0.2, 0.25) is 5.91 Å². The van der Waals surface area contributed by atoms with Gasteiger partial charge in [0.15, 0.2) is 0 Å². The zero-order chi connectivity index (χ0) is 14.2. The maximum Gasteiger partial charge on any atom is 0.247 e. The van der Waals surface area contributed by atoms with Gasteiger partial charge >= 0.3 is 0 Å². The number of carbonyl (C=O) groups is 1. The Labute approximate surface area is 118 Å². The van der Waals surface area contributed by atoms with Crippen molar-refractivity contribution in [2.45, 2.75) is 25.3 Å². The van der Waals surface area contributed by atoms with Crippen LogP contribution in [0.15, 0.2) is 24.3 Å². The van der Waals surface area contributed by atoms with Gasteiger partial charge in [-0.3, -0.25) is 4.79 Å². The SMILES string of the molecule is CCN1CCC2(CC1)C(=O)NCN2c1ccc(F)cc1. The maximum absolute atomic E-state index is 13.1. The van der Waals surface area contributed by atoms with Crippen molar-refractivity contribution < 1.29 is 9.18 Å². The van der Waals surface area contributed by atoms with Crippen LogP contribution >= 0.6 is 0 Å². The van der Waals surface area contributed by atoms with E-state index in [-0.39, 0.29) is 11.7 Å². The van der Waals surface area contributed by atoms with Crippen LogP contribution in [-0.2, 0) is 4.79 Å². The topological polar surface area (TPSA) is 35.6 Å². The number of rotatable bonds is 2. The summed E-state index contributed by atoms with van der Waals surface area (Å²) < 4.78 is 13.1. The molecule has 2 fully saturated rings.